The predicted octanol–water partition coefficient (Wildman–Crippen LogP) is 19.6. The monoisotopic (exact) mass is 1070 g/mol. The summed E-state index contributed by atoms with van der Waals surface area (Å²) >= 11 is 0. The van der Waals surface area contributed by atoms with Crippen molar-refractivity contribution in [3.63, 3.8) is 0 Å². The highest BCUT2D eigenvalue weighted by molar-refractivity contribution is 7.47. The van der Waals surface area contributed by atoms with E-state index in [4.69, 9.17) is 24.3 Å². The third-order valence-electron chi connectivity index (χ3n) is 13.0. The maximum Gasteiger partial charge on any atom is 0.472 e. The zero-order valence-corrected chi connectivity index (χ0v) is 49.2. The number of unbranched alkanes of at least 4 members (excludes halogenated alkanes) is 28. The van der Waals surface area contributed by atoms with Gasteiger partial charge in [-0.3, -0.25) is 18.6 Å². The third-order valence-corrected chi connectivity index (χ3v) is 13.9. The van der Waals surface area contributed by atoms with E-state index < -0.39 is 26.5 Å². The van der Waals surface area contributed by atoms with Crippen molar-refractivity contribution in [1.29, 1.82) is 0 Å². The lowest BCUT2D eigenvalue weighted by Crippen LogP contribution is -2.29. The van der Waals surface area contributed by atoms with Crippen molar-refractivity contribution in [2.24, 2.45) is 5.73 Å². The predicted molar refractivity (Wildman–Crippen MR) is 321 cm³/mol. The molecular weight excluding hydrogens is 954 g/mol. The van der Waals surface area contributed by atoms with E-state index >= 15 is 0 Å². The van der Waals surface area contributed by atoms with E-state index in [1.165, 1.54) is 154 Å². The number of allylic oxidation sites excluding steroid dienone is 16. The number of phosphoric acid groups is 1. The normalized spacial score (nSPS) is 13.7. The molecule has 0 radical (unpaired) electrons. The summed E-state index contributed by atoms with van der Waals surface area (Å²) in [5.74, 6) is -0.864. The summed E-state index contributed by atoms with van der Waals surface area (Å²) in [6.07, 6.45) is 80.5. The third kappa shape index (κ3) is 60.0. The average molecular weight is 1070 g/mol. The number of carbonyl (C=O) groups excluding carboxylic acids is 2. The van der Waals surface area contributed by atoms with E-state index in [0.717, 1.165) is 83.5 Å². The number of carbonyl (C=O) groups is 2. The minimum absolute atomic E-state index is 0.0435. The van der Waals surface area contributed by atoms with Gasteiger partial charge >= 0.3 is 19.8 Å². The molecule has 432 valence electrons. The second-order valence-corrected chi connectivity index (χ2v) is 21.6. The van der Waals surface area contributed by atoms with Crippen molar-refractivity contribution >= 4 is 19.8 Å². The summed E-state index contributed by atoms with van der Waals surface area (Å²) in [6.45, 7) is 3.61. The number of hydrogen-bond donors (Lipinski definition) is 2. The Hall–Kier alpha value is -3.07. The lowest BCUT2D eigenvalue weighted by molar-refractivity contribution is -0.161. The Balaban J connectivity index is 4.00. The zero-order valence-electron chi connectivity index (χ0n) is 48.3. The van der Waals surface area contributed by atoms with Gasteiger partial charge in [-0.05, 0) is 96.3 Å². The summed E-state index contributed by atoms with van der Waals surface area (Å²) in [7, 11) is -4.40. The summed E-state index contributed by atoms with van der Waals surface area (Å²) in [5, 5.41) is 0. The Kier molecular flexibility index (Phi) is 57.7. The number of phosphoric ester groups is 1. The maximum atomic E-state index is 12.7. The molecule has 75 heavy (non-hydrogen) atoms. The lowest BCUT2D eigenvalue weighted by atomic mass is 10.0. The molecule has 0 fully saturated rings. The molecule has 2 unspecified atom stereocenters. The van der Waals surface area contributed by atoms with Gasteiger partial charge in [0, 0.05) is 19.4 Å². The van der Waals surface area contributed by atoms with Gasteiger partial charge in [-0.15, -0.1) is 0 Å². The van der Waals surface area contributed by atoms with Crippen LogP contribution in [0.2, 0.25) is 0 Å². The summed E-state index contributed by atoms with van der Waals surface area (Å²) < 4.78 is 33.0. The highest BCUT2D eigenvalue weighted by Crippen LogP contribution is 2.43. The molecule has 0 rings (SSSR count). The first-order chi connectivity index (χ1) is 36.8. The fourth-order valence-corrected chi connectivity index (χ4v) is 9.20. The number of nitrogens with two attached hydrogens (primary N) is 1. The summed E-state index contributed by atoms with van der Waals surface area (Å²) in [6, 6.07) is 0. The van der Waals surface area contributed by atoms with Crippen LogP contribution in [0.1, 0.15) is 271 Å². The minimum Gasteiger partial charge on any atom is -0.462 e. The van der Waals surface area contributed by atoms with Gasteiger partial charge in [0.15, 0.2) is 6.10 Å². The fourth-order valence-electron chi connectivity index (χ4n) is 8.44. The highest BCUT2D eigenvalue weighted by atomic mass is 31.2. The molecule has 0 aliphatic heterocycles. The van der Waals surface area contributed by atoms with E-state index in [1.807, 2.05) is 0 Å². The molecule has 0 aliphatic carbocycles. The molecule has 0 heterocycles. The molecule has 0 spiro atoms. The molecule has 10 heteroatoms. The number of ether oxygens (including phenoxy) is 2. The Morgan fingerprint density at radius 3 is 1.12 bits per heavy atom. The highest BCUT2D eigenvalue weighted by Gasteiger charge is 2.26. The van der Waals surface area contributed by atoms with Crippen LogP contribution in [0.3, 0.4) is 0 Å². The number of esters is 2. The molecule has 0 amide bonds. The standard InChI is InChI=1S/C65H114NO8P/c1-3-5-7-9-11-13-15-17-19-21-23-25-27-29-30-31-32-34-35-37-39-41-43-45-47-49-51-53-55-57-64(67)71-61-63(62-73-75(69,70)72-60-59-66)74-65(68)58-56-54-52-50-48-46-44-42-40-38-36-33-28-26-24-22-20-18-16-14-12-10-8-6-4-2/h6,8,12,14,18,20-21,23-24,26,33,36,40,42,46,48,63H,3-5,7,9-11,13,15-17,19,22,25,27-32,34-35,37-39,41,43-45,47,49-62,66H2,1-2H3,(H,69,70)/b8-6-,14-12-,20-18-,23-21-,26-24-,36-33-,42-40-,48-46-. The first kappa shape index (κ1) is 71.9. The smallest absolute Gasteiger partial charge is 0.462 e. The van der Waals surface area contributed by atoms with Gasteiger partial charge < -0.3 is 20.1 Å². The van der Waals surface area contributed by atoms with Gasteiger partial charge in [-0.1, -0.05) is 259 Å². The van der Waals surface area contributed by atoms with Crippen LogP contribution in [0.15, 0.2) is 97.2 Å². The van der Waals surface area contributed by atoms with Gasteiger partial charge in [0.05, 0.1) is 13.2 Å². The van der Waals surface area contributed by atoms with Crippen LogP contribution in [0.25, 0.3) is 0 Å². The van der Waals surface area contributed by atoms with Gasteiger partial charge in [-0.2, -0.15) is 0 Å². The molecule has 2 atom stereocenters. The van der Waals surface area contributed by atoms with Crippen LogP contribution in [0.5, 0.6) is 0 Å². The zero-order chi connectivity index (χ0) is 54.5. The second kappa shape index (κ2) is 60.2. The molecule has 9 nitrogen and oxygen atoms in total. The fraction of sp³-hybridized carbons (Fsp3) is 0.723. The van der Waals surface area contributed by atoms with E-state index in [1.54, 1.807) is 0 Å². The first-order valence-electron chi connectivity index (χ1n) is 30.7. The van der Waals surface area contributed by atoms with Crippen LogP contribution in [0, 0.1) is 0 Å². The maximum absolute atomic E-state index is 12.7. The molecule has 0 aliphatic rings. The summed E-state index contributed by atoms with van der Waals surface area (Å²) in [4.78, 5) is 35.2. The Labute approximate surface area is 461 Å². The van der Waals surface area contributed by atoms with Crippen molar-refractivity contribution in [3.8, 4) is 0 Å². The van der Waals surface area contributed by atoms with Gasteiger partial charge in [0.25, 0.3) is 0 Å². The molecule has 3 N–H and O–H groups in total. The van der Waals surface area contributed by atoms with Gasteiger partial charge in [-0.25, -0.2) is 4.57 Å². The quantitative estimate of drug-likeness (QED) is 0.0264. The topological polar surface area (TPSA) is 134 Å². The average Bonchev–Trinajstić information content (AvgIpc) is 3.40. The van der Waals surface area contributed by atoms with Gasteiger partial charge in [0.1, 0.15) is 6.61 Å². The van der Waals surface area contributed by atoms with Crippen molar-refractivity contribution in [2.75, 3.05) is 26.4 Å². The molecule has 0 aromatic rings. The van der Waals surface area contributed by atoms with Crippen LogP contribution < -0.4 is 5.73 Å². The van der Waals surface area contributed by atoms with E-state index in [9.17, 15) is 19.0 Å². The van der Waals surface area contributed by atoms with Crippen molar-refractivity contribution in [1.82, 2.24) is 0 Å². The van der Waals surface area contributed by atoms with Gasteiger partial charge in [0.2, 0.25) is 0 Å². The number of rotatable bonds is 57. The largest absolute Gasteiger partial charge is 0.472 e. The molecule has 0 saturated heterocycles. The molecule has 0 aromatic heterocycles. The molecule has 0 saturated carbocycles. The Morgan fingerprint density at radius 2 is 0.733 bits per heavy atom. The van der Waals surface area contributed by atoms with E-state index in [0.29, 0.717) is 6.42 Å². The van der Waals surface area contributed by atoms with Crippen LogP contribution >= 0.6 is 7.82 Å². The lowest BCUT2D eigenvalue weighted by Gasteiger charge is -2.19. The molecule has 0 aromatic carbocycles. The van der Waals surface area contributed by atoms with E-state index in [2.05, 4.69) is 111 Å². The van der Waals surface area contributed by atoms with Crippen molar-refractivity contribution in [3.05, 3.63) is 97.2 Å². The van der Waals surface area contributed by atoms with Crippen LogP contribution in [0.4, 0.5) is 0 Å². The minimum atomic E-state index is -4.40. The van der Waals surface area contributed by atoms with Crippen molar-refractivity contribution < 1.29 is 37.6 Å². The molecule has 0 bridgehead atoms. The van der Waals surface area contributed by atoms with Crippen molar-refractivity contribution in [2.45, 2.75) is 277 Å². The SMILES string of the molecule is CC/C=C\C/C=C\C/C=C\C/C=C\C/C=C\C/C=C\C/C=C\CCCCCC(=O)OC(COC(=O)CCCCCCCCCCCCCCCCCCC/C=C\CCCCCCCCCC)COP(=O)(O)OCCN. The molecular formula is C65H114NO8P. The Bertz CT molecular complexity index is 1550. The first-order valence-corrected chi connectivity index (χ1v) is 32.2. The second-order valence-electron chi connectivity index (χ2n) is 20.2. The number of hydrogen-bond acceptors (Lipinski definition) is 8. The van der Waals surface area contributed by atoms with Crippen LogP contribution in [-0.2, 0) is 32.7 Å². The van der Waals surface area contributed by atoms with E-state index in [-0.39, 0.29) is 38.6 Å². The Morgan fingerprint density at radius 1 is 0.413 bits per heavy atom. The summed E-state index contributed by atoms with van der Waals surface area (Å²) in [5.41, 5.74) is 5.38. The van der Waals surface area contributed by atoms with Crippen LogP contribution in [-0.4, -0.2) is 49.3 Å².